The van der Waals surface area contributed by atoms with Gasteiger partial charge >= 0.3 is 0 Å². The van der Waals surface area contributed by atoms with Crippen molar-refractivity contribution in [2.75, 3.05) is 0 Å². The van der Waals surface area contributed by atoms with Crippen LogP contribution >= 0.6 is 0 Å². The summed E-state index contributed by atoms with van der Waals surface area (Å²) < 4.78 is 0. The van der Waals surface area contributed by atoms with Crippen molar-refractivity contribution in [3.63, 3.8) is 0 Å². The third-order valence-corrected chi connectivity index (χ3v) is 3.34. The van der Waals surface area contributed by atoms with E-state index in [2.05, 4.69) is 22.1 Å². The fraction of sp³-hybridized carbons (Fsp3) is 0. The summed E-state index contributed by atoms with van der Waals surface area (Å²) in [5, 5.41) is 2.18. The summed E-state index contributed by atoms with van der Waals surface area (Å²) in [5.74, 6) is 0. The van der Waals surface area contributed by atoms with Crippen LogP contribution in [0.2, 0.25) is 0 Å². The minimum absolute atomic E-state index is 0. The van der Waals surface area contributed by atoms with E-state index in [9.17, 15) is 0 Å². The maximum atomic E-state index is 4.67. The van der Waals surface area contributed by atoms with Gasteiger partial charge in [-0.2, -0.15) is 12.1 Å². The Morgan fingerprint density at radius 2 is 1.71 bits per heavy atom. The first-order valence-electron chi connectivity index (χ1n) is 6.45. The first kappa shape index (κ1) is 14.3. The van der Waals surface area contributed by atoms with Crippen LogP contribution in [0, 0.1) is 12.1 Å². The van der Waals surface area contributed by atoms with Crippen LogP contribution < -0.4 is 0 Å². The zero-order valence-corrected chi connectivity index (χ0v) is 14.1. The summed E-state index contributed by atoms with van der Waals surface area (Å²) >= 11 is 0. The van der Waals surface area contributed by atoms with Crippen LogP contribution in [0.1, 0.15) is 0 Å². The van der Waals surface area contributed by atoms with Crippen LogP contribution in [0.3, 0.4) is 0 Å². The van der Waals surface area contributed by atoms with Crippen LogP contribution in [0.4, 0.5) is 0 Å². The Bertz CT molecular complexity index is 913. The van der Waals surface area contributed by atoms with E-state index in [1.54, 1.807) is 6.20 Å². The molecule has 0 saturated heterocycles. The molecule has 2 nitrogen and oxygen atoms in total. The molecule has 0 atom stereocenters. The SMILES string of the molecule is [Y].[c-]1cc2ccccc2nc1-c1[c-]ccc2cccnc12. The average molecular weight is 343 g/mol. The van der Waals surface area contributed by atoms with Gasteiger partial charge in [0.1, 0.15) is 0 Å². The van der Waals surface area contributed by atoms with Crippen molar-refractivity contribution in [1.29, 1.82) is 0 Å². The van der Waals surface area contributed by atoms with Gasteiger partial charge in [-0.3, -0.25) is 0 Å². The molecule has 3 heteroatoms. The zero-order valence-electron chi connectivity index (χ0n) is 11.2. The molecule has 0 amide bonds. The second-order valence-corrected chi connectivity index (χ2v) is 4.60. The molecule has 2 aromatic carbocycles. The van der Waals surface area contributed by atoms with Crippen LogP contribution in [0.25, 0.3) is 33.1 Å². The van der Waals surface area contributed by atoms with E-state index in [4.69, 9.17) is 0 Å². The Morgan fingerprint density at radius 3 is 2.67 bits per heavy atom. The molecule has 2 heterocycles. The third kappa shape index (κ3) is 2.62. The number of benzene rings is 2. The molecule has 2 aromatic heterocycles. The smallest absolute Gasteiger partial charge is 0.0148 e. The number of rotatable bonds is 1. The first-order chi connectivity index (χ1) is 9.92. The maximum absolute atomic E-state index is 4.67. The van der Waals surface area contributed by atoms with E-state index < -0.39 is 0 Å². The van der Waals surface area contributed by atoms with E-state index in [0.717, 1.165) is 33.1 Å². The van der Waals surface area contributed by atoms with Gasteiger partial charge in [0.15, 0.2) is 0 Å². The third-order valence-electron chi connectivity index (χ3n) is 3.34. The number of para-hydroxylation sites is 1. The van der Waals surface area contributed by atoms with Gasteiger partial charge in [-0.1, -0.05) is 34.5 Å². The van der Waals surface area contributed by atoms with Crippen molar-refractivity contribution in [1.82, 2.24) is 9.97 Å². The van der Waals surface area contributed by atoms with Gasteiger partial charge in [0.05, 0.1) is 0 Å². The summed E-state index contributed by atoms with van der Waals surface area (Å²) in [7, 11) is 0. The molecule has 97 valence electrons. The first-order valence-corrected chi connectivity index (χ1v) is 6.45. The van der Waals surface area contributed by atoms with Crippen molar-refractivity contribution in [2.45, 2.75) is 0 Å². The Balaban J connectivity index is 0.00000132. The number of hydrogen-bond acceptors (Lipinski definition) is 2. The quantitative estimate of drug-likeness (QED) is 0.488. The molecule has 0 spiro atoms. The van der Waals surface area contributed by atoms with Gasteiger partial charge in [-0.15, -0.1) is 17.8 Å². The van der Waals surface area contributed by atoms with E-state index in [1.807, 2.05) is 54.6 Å². The van der Waals surface area contributed by atoms with Gasteiger partial charge < -0.3 is 9.97 Å². The predicted molar refractivity (Wildman–Crippen MR) is 80.2 cm³/mol. The average Bonchev–Trinajstić information content (AvgIpc) is 2.54. The van der Waals surface area contributed by atoms with Gasteiger partial charge in [0.25, 0.3) is 0 Å². The summed E-state index contributed by atoms with van der Waals surface area (Å²) in [6.07, 6.45) is 1.79. The minimum atomic E-state index is 0. The van der Waals surface area contributed by atoms with Crippen molar-refractivity contribution in [2.24, 2.45) is 0 Å². The Morgan fingerprint density at radius 1 is 0.857 bits per heavy atom. The molecule has 21 heavy (non-hydrogen) atoms. The molecule has 1 radical (unpaired) electrons. The minimum Gasteiger partial charge on any atom is -0.336 e. The largest absolute Gasteiger partial charge is 0.336 e. The van der Waals surface area contributed by atoms with Gasteiger partial charge in [0.2, 0.25) is 0 Å². The molecular formula is C18H10N2Y-2. The monoisotopic (exact) mass is 343 g/mol. The molecule has 4 aromatic rings. The Hall–Kier alpha value is -1.64. The van der Waals surface area contributed by atoms with Gasteiger partial charge in [-0.05, 0) is 12.1 Å². The number of aromatic nitrogens is 2. The molecule has 0 unspecified atom stereocenters. The molecule has 0 bridgehead atoms. The van der Waals surface area contributed by atoms with Crippen molar-refractivity contribution < 1.29 is 32.7 Å². The van der Waals surface area contributed by atoms with Crippen LogP contribution in [-0.4, -0.2) is 9.97 Å². The molecule has 0 aliphatic rings. The molecular weight excluding hydrogens is 333 g/mol. The number of hydrogen-bond donors (Lipinski definition) is 0. The second kappa shape index (κ2) is 6.01. The maximum Gasteiger partial charge on any atom is 0.0148 e. The predicted octanol–water partition coefficient (Wildman–Crippen LogP) is 4.05. The zero-order chi connectivity index (χ0) is 13.4. The van der Waals surface area contributed by atoms with E-state index in [-0.39, 0.29) is 32.7 Å². The standard InChI is InChI=1S/C18H10N2.Y/c1-2-9-16-13(5-1)10-11-17(20-16)15-8-3-6-14-7-4-12-19-18(14)15;/h1-7,9-10,12H;/q-2;. The molecule has 0 saturated carbocycles. The van der Waals surface area contributed by atoms with Crippen molar-refractivity contribution >= 4 is 21.8 Å². The van der Waals surface area contributed by atoms with Gasteiger partial charge in [-0.25, -0.2) is 17.7 Å². The molecule has 0 aliphatic heterocycles. The van der Waals surface area contributed by atoms with Crippen molar-refractivity contribution in [3.8, 4) is 11.3 Å². The van der Waals surface area contributed by atoms with Crippen LogP contribution in [0.5, 0.6) is 0 Å². The van der Waals surface area contributed by atoms with Crippen molar-refractivity contribution in [3.05, 3.63) is 72.9 Å². The van der Waals surface area contributed by atoms with E-state index in [0.29, 0.717) is 0 Å². The number of fused-ring (bicyclic) bond motifs is 2. The molecule has 0 aliphatic carbocycles. The fourth-order valence-corrected chi connectivity index (χ4v) is 2.36. The summed E-state index contributed by atoms with van der Waals surface area (Å²) in [5.41, 5.74) is 3.55. The van der Waals surface area contributed by atoms with Crippen LogP contribution in [0.15, 0.2) is 60.8 Å². The normalized spacial score (nSPS) is 10.5. The van der Waals surface area contributed by atoms with E-state index in [1.165, 1.54) is 0 Å². The number of pyridine rings is 2. The summed E-state index contributed by atoms with van der Waals surface area (Å²) in [4.78, 5) is 9.12. The van der Waals surface area contributed by atoms with E-state index >= 15 is 0 Å². The summed E-state index contributed by atoms with van der Waals surface area (Å²) in [6.45, 7) is 0. The molecule has 0 N–H and O–H groups in total. The fourth-order valence-electron chi connectivity index (χ4n) is 2.36. The van der Waals surface area contributed by atoms with Gasteiger partial charge in [0, 0.05) is 44.4 Å². The second-order valence-electron chi connectivity index (χ2n) is 4.60. The Kier molecular flexibility index (Phi) is 4.09. The molecule has 0 fully saturated rings. The summed E-state index contributed by atoms with van der Waals surface area (Å²) in [6, 6.07) is 24.4. The van der Waals surface area contributed by atoms with Crippen LogP contribution in [-0.2, 0) is 32.7 Å². The Labute approximate surface area is 148 Å². The molecule has 4 rings (SSSR count). The topological polar surface area (TPSA) is 25.8 Å². The number of nitrogens with zero attached hydrogens (tertiary/aromatic N) is 2.